The van der Waals surface area contributed by atoms with Crippen molar-refractivity contribution in [3.05, 3.63) is 0 Å². The van der Waals surface area contributed by atoms with Crippen molar-refractivity contribution in [3.8, 4) is 0 Å². The van der Waals surface area contributed by atoms with Crippen LogP contribution in [0.2, 0.25) is 0 Å². The molecule has 0 saturated heterocycles. The van der Waals surface area contributed by atoms with Gasteiger partial charge in [-0.15, -0.1) is 0 Å². The Morgan fingerprint density at radius 3 is 1.10 bits per heavy atom. The number of alkyl halides is 11. The van der Waals surface area contributed by atoms with Gasteiger partial charge < -0.3 is 5.48 Å². The highest BCUT2D eigenvalue weighted by atomic mass is 32.2. The van der Waals surface area contributed by atoms with Crippen molar-refractivity contribution in [1.29, 1.82) is 0 Å². The summed E-state index contributed by atoms with van der Waals surface area (Å²) in [6.45, 7) is 0. The predicted molar refractivity (Wildman–Crippen MR) is 41.0 cm³/mol. The Kier molecular flexibility index (Phi) is 5.41. The normalized spacial score (nSPS) is 15.6. The monoisotopic (exact) mass is 368 g/mol. The van der Waals surface area contributed by atoms with E-state index in [1.54, 1.807) is 0 Å². The molecule has 0 fully saturated rings. The Balaban J connectivity index is 0. The van der Waals surface area contributed by atoms with Gasteiger partial charge in [0.2, 0.25) is 0 Å². The number of hydrogen-bond donors (Lipinski definition) is 1. The first-order valence-electron chi connectivity index (χ1n) is 3.80. The second kappa shape index (κ2) is 5.08. The minimum Gasteiger partial charge on any atom is -0.412 e. The van der Waals surface area contributed by atoms with E-state index in [4.69, 9.17) is 4.55 Å². The van der Waals surface area contributed by atoms with Gasteiger partial charge in [-0.05, 0) is 0 Å². The van der Waals surface area contributed by atoms with Gasteiger partial charge >= 0.3 is 39.3 Å². The standard InChI is InChI=1S/C5HF11O3S.H2O/c6-1(7,2(8,9)4(12,13)14)3(10,11)5(15,16)20(17,18)19;/h(H,17,18,19);1H2. The van der Waals surface area contributed by atoms with Gasteiger partial charge in [0.1, 0.15) is 0 Å². The zero-order valence-electron chi connectivity index (χ0n) is 8.83. The fourth-order valence-electron chi connectivity index (χ4n) is 0.720. The summed E-state index contributed by atoms with van der Waals surface area (Å²) in [5.74, 6) is -23.3. The lowest BCUT2D eigenvalue weighted by atomic mass is 10.0. The molecule has 0 heterocycles. The van der Waals surface area contributed by atoms with E-state index in [1.807, 2.05) is 0 Å². The molecule has 0 atom stereocenters. The summed E-state index contributed by atoms with van der Waals surface area (Å²) in [5, 5.41) is -7.29. The molecule has 0 aliphatic rings. The third-order valence-corrected chi connectivity index (χ3v) is 2.74. The smallest absolute Gasteiger partial charge is 0.412 e. The van der Waals surface area contributed by atoms with Crippen LogP contribution in [0.15, 0.2) is 0 Å². The molecule has 0 bridgehead atoms. The molecule has 0 aromatic carbocycles. The topological polar surface area (TPSA) is 85.9 Å². The lowest BCUT2D eigenvalue weighted by Gasteiger charge is -2.35. The highest BCUT2D eigenvalue weighted by Gasteiger charge is 2.89. The van der Waals surface area contributed by atoms with Crippen LogP contribution in [-0.2, 0) is 10.1 Å². The van der Waals surface area contributed by atoms with Gasteiger partial charge in [0.05, 0.1) is 0 Å². The molecule has 0 rings (SSSR count). The van der Waals surface area contributed by atoms with E-state index in [0.29, 0.717) is 0 Å². The molecular formula is C5H3F11O4S. The minimum absolute atomic E-state index is 0. The van der Waals surface area contributed by atoms with Gasteiger partial charge in [-0.2, -0.15) is 56.7 Å². The molecular weight excluding hydrogens is 365 g/mol. The van der Waals surface area contributed by atoms with E-state index in [-0.39, 0.29) is 5.48 Å². The zero-order valence-corrected chi connectivity index (χ0v) is 9.65. The SMILES string of the molecule is O.O=S(=O)(O)C(F)(F)C(F)(F)C(F)(F)C(F)(F)C(F)(F)F. The van der Waals surface area contributed by atoms with Gasteiger partial charge in [-0.25, -0.2) is 0 Å². The molecule has 0 unspecified atom stereocenters. The molecule has 4 nitrogen and oxygen atoms in total. The Hall–Kier alpha value is -0.900. The molecule has 0 radical (unpaired) electrons. The van der Waals surface area contributed by atoms with Crippen molar-refractivity contribution < 1.29 is 66.7 Å². The van der Waals surface area contributed by atoms with Crippen LogP contribution in [-0.4, -0.2) is 47.6 Å². The molecule has 0 saturated carbocycles. The molecule has 16 heteroatoms. The average Bonchev–Trinajstić information content (AvgIpc) is 2.12. The first-order valence-corrected chi connectivity index (χ1v) is 5.24. The quantitative estimate of drug-likeness (QED) is 0.609. The number of hydrogen-bond acceptors (Lipinski definition) is 2. The second-order valence-corrected chi connectivity index (χ2v) is 4.68. The predicted octanol–water partition coefficient (Wildman–Crippen LogP) is 2.11. The largest absolute Gasteiger partial charge is 0.460 e. The first-order chi connectivity index (χ1) is 8.25. The van der Waals surface area contributed by atoms with E-state index in [2.05, 4.69) is 0 Å². The van der Waals surface area contributed by atoms with Gasteiger partial charge in [0.15, 0.2) is 0 Å². The Labute approximate surface area is 107 Å². The molecule has 0 spiro atoms. The van der Waals surface area contributed by atoms with Crippen LogP contribution in [0.1, 0.15) is 0 Å². The summed E-state index contributed by atoms with van der Waals surface area (Å²) in [6.07, 6.45) is -7.39. The van der Waals surface area contributed by atoms with E-state index in [1.165, 1.54) is 0 Å². The molecule has 0 amide bonds. The fourth-order valence-corrected chi connectivity index (χ4v) is 1.17. The Bertz CT molecular complexity index is 477. The fraction of sp³-hybridized carbons (Fsp3) is 1.00. The highest BCUT2D eigenvalue weighted by Crippen LogP contribution is 2.58. The van der Waals surface area contributed by atoms with E-state index in [0.717, 1.165) is 0 Å². The summed E-state index contributed by atoms with van der Waals surface area (Å²) in [5.41, 5.74) is 0. The summed E-state index contributed by atoms with van der Waals surface area (Å²) < 4.78 is 161. The van der Waals surface area contributed by atoms with Crippen molar-refractivity contribution in [2.24, 2.45) is 0 Å². The molecule has 0 aliphatic carbocycles. The Morgan fingerprint density at radius 1 is 0.619 bits per heavy atom. The average molecular weight is 368 g/mol. The maximum absolute atomic E-state index is 12.5. The molecule has 0 aromatic rings. The lowest BCUT2D eigenvalue weighted by Crippen LogP contribution is -2.67. The third-order valence-electron chi connectivity index (χ3n) is 1.83. The second-order valence-electron chi connectivity index (χ2n) is 3.21. The van der Waals surface area contributed by atoms with Crippen LogP contribution in [0.3, 0.4) is 0 Å². The number of rotatable bonds is 4. The van der Waals surface area contributed by atoms with Crippen molar-refractivity contribution in [3.63, 3.8) is 0 Å². The van der Waals surface area contributed by atoms with Gasteiger partial charge in [0.25, 0.3) is 0 Å². The van der Waals surface area contributed by atoms with Crippen LogP contribution in [0.5, 0.6) is 0 Å². The van der Waals surface area contributed by atoms with Crippen LogP contribution in [0.4, 0.5) is 48.3 Å². The third kappa shape index (κ3) is 2.87. The van der Waals surface area contributed by atoms with Crippen molar-refractivity contribution in [2.75, 3.05) is 0 Å². The van der Waals surface area contributed by atoms with Gasteiger partial charge in [0, 0.05) is 0 Å². The molecule has 3 N–H and O–H groups in total. The molecule has 0 aromatic heterocycles. The van der Waals surface area contributed by atoms with Crippen molar-refractivity contribution in [2.45, 2.75) is 29.2 Å². The molecule has 0 aliphatic heterocycles. The van der Waals surface area contributed by atoms with Crippen molar-refractivity contribution in [1.82, 2.24) is 0 Å². The maximum Gasteiger partial charge on any atom is 0.460 e. The van der Waals surface area contributed by atoms with Gasteiger partial charge in [-0.3, -0.25) is 4.55 Å². The zero-order chi connectivity index (χ0) is 17.0. The van der Waals surface area contributed by atoms with Crippen LogP contribution >= 0.6 is 0 Å². The van der Waals surface area contributed by atoms with E-state index < -0.39 is 39.3 Å². The summed E-state index contributed by atoms with van der Waals surface area (Å²) >= 11 is 0. The minimum atomic E-state index is -7.86. The van der Waals surface area contributed by atoms with Crippen LogP contribution in [0.25, 0.3) is 0 Å². The highest BCUT2D eigenvalue weighted by molar-refractivity contribution is 7.87. The summed E-state index contributed by atoms with van der Waals surface area (Å²) in [6, 6.07) is 0. The maximum atomic E-state index is 12.5. The van der Waals surface area contributed by atoms with E-state index in [9.17, 15) is 56.7 Å². The van der Waals surface area contributed by atoms with E-state index >= 15 is 0 Å². The summed E-state index contributed by atoms with van der Waals surface area (Å²) in [4.78, 5) is 0. The lowest BCUT2D eigenvalue weighted by molar-refractivity contribution is -0.413. The van der Waals surface area contributed by atoms with Crippen LogP contribution < -0.4 is 0 Å². The molecule has 130 valence electrons. The first kappa shape index (κ1) is 22.4. The molecule has 21 heavy (non-hydrogen) atoms. The van der Waals surface area contributed by atoms with Crippen LogP contribution in [0, 0.1) is 0 Å². The Morgan fingerprint density at radius 2 is 0.905 bits per heavy atom. The number of halogens is 11. The van der Waals surface area contributed by atoms with Crippen molar-refractivity contribution >= 4 is 10.1 Å². The summed E-state index contributed by atoms with van der Waals surface area (Å²) in [7, 11) is -7.41. The van der Waals surface area contributed by atoms with Gasteiger partial charge in [-0.1, -0.05) is 0 Å².